The molecule has 35 heavy (non-hydrogen) atoms. The van der Waals surface area contributed by atoms with Crippen LogP contribution < -0.4 is 5.32 Å². The Morgan fingerprint density at radius 2 is 1.80 bits per heavy atom. The Morgan fingerprint density at radius 1 is 1.06 bits per heavy atom. The zero-order valence-electron chi connectivity index (χ0n) is 18.9. The lowest BCUT2D eigenvalue weighted by atomic mass is 10.0. The molecule has 1 saturated heterocycles. The second kappa shape index (κ2) is 9.32. The lowest BCUT2D eigenvalue weighted by molar-refractivity contribution is 0.0622. The maximum Gasteiger partial charge on any atom is 0.277 e. The molecule has 0 saturated carbocycles. The minimum atomic E-state index is -0.992. The van der Waals surface area contributed by atoms with Gasteiger partial charge in [-0.1, -0.05) is 0 Å². The summed E-state index contributed by atoms with van der Waals surface area (Å²) in [5, 5.41) is 11.8. The SMILES string of the molecule is Cn1nc(C(=O)N2CCCCC2CNc2cnc3cc(F)c(F)cc3n2)c(-c2ccc(F)cc2)n1. The molecule has 8 nitrogen and oxygen atoms in total. The highest BCUT2D eigenvalue weighted by Crippen LogP contribution is 2.26. The first-order valence-electron chi connectivity index (χ1n) is 11.2. The molecule has 0 spiro atoms. The monoisotopic (exact) mass is 481 g/mol. The fraction of sp³-hybridized carbons (Fsp3) is 0.292. The number of anilines is 1. The quantitative estimate of drug-likeness (QED) is 0.465. The number of likely N-dealkylation sites (tertiary alicyclic amines) is 1. The highest BCUT2D eigenvalue weighted by Gasteiger charge is 2.31. The summed E-state index contributed by atoms with van der Waals surface area (Å²) < 4.78 is 40.4. The van der Waals surface area contributed by atoms with Gasteiger partial charge < -0.3 is 10.2 Å². The summed E-state index contributed by atoms with van der Waals surface area (Å²) in [6.07, 6.45) is 4.03. The topological polar surface area (TPSA) is 88.8 Å². The molecule has 3 heterocycles. The second-order valence-electron chi connectivity index (χ2n) is 8.43. The Kier molecular flexibility index (Phi) is 6.06. The first-order valence-corrected chi connectivity index (χ1v) is 11.2. The van der Waals surface area contributed by atoms with Gasteiger partial charge in [0.15, 0.2) is 17.3 Å². The highest BCUT2D eigenvalue weighted by molar-refractivity contribution is 5.98. The van der Waals surface area contributed by atoms with E-state index >= 15 is 0 Å². The van der Waals surface area contributed by atoms with Crippen molar-refractivity contribution in [3.05, 3.63) is 65.7 Å². The van der Waals surface area contributed by atoms with Gasteiger partial charge in [-0.3, -0.25) is 9.78 Å². The third-order valence-corrected chi connectivity index (χ3v) is 6.03. The van der Waals surface area contributed by atoms with E-state index in [0.717, 1.165) is 31.4 Å². The molecule has 1 aliphatic heterocycles. The van der Waals surface area contributed by atoms with Gasteiger partial charge in [-0.2, -0.15) is 9.90 Å². The van der Waals surface area contributed by atoms with Crippen molar-refractivity contribution in [3.63, 3.8) is 0 Å². The average molecular weight is 481 g/mol. The molecule has 4 aromatic rings. The Labute approximate surface area is 198 Å². The van der Waals surface area contributed by atoms with Crippen LogP contribution in [0.15, 0.2) is 42.6 Å². The molecule has 0 radical (unpaired) electrons. The molecule has 2 aromatic carbocycles. The number of aromatic nitrogens is 5. The summed E-state index contributed by atoms with van der Waals surface area (Å²) in [6, 6.07) is 7.62. The predicted octanol–water partition coefficient (Wildman–Crippen LogP) is 3.95. The Bertz CT molecular complexity index is 1390. The number of hydrogen-bond acceptors (Lipinski definition) is 6. The number of aryl methyl sites for hydroxylation is 1. The summed E-state index contributed by atoms with van der Waals surface area (Å²) >= 11 is 0. The molecular formula is C24H22F3N7O. The van der Waals surface area contributed by atoms with E-state index in [0.29, 0.717) is 30.2 Å². The number of carbonyl (C=O) groups is 1. The van der Waals surface area contributed by atoms with E-state index < -0.39 is 11.6 Å². The summed E-state index contributed by atoms with van der Waals surface area (Å²) in [4.78, 5) is 25.1. The van der Waals surface area contributed by atoms with Crippen molar-refractivity contribution in [2.45, 2.75) is 25.3 Å². The Balaban J connectivity index is 1.36. The van der Waals surface area contributed by atoms with Gasteiger partial charge in [0.2, 0.25) is 0 Å². The number of nitrogens with zero attached hydrogens (tertiary/aromatic N) is 6. The number of rotatable bonds is 5. The minimum absolute atomic E-state index is 0.151. The third-order valence-electron chi connectivity index (χ3n) is 6.03. The van der Waals surface area contributed by atoms with Crippen LogP contribution in [0.2, 0.25) is 0 Å². The molecule has 1 amide bonds. The van der Waals surface area contributed by atoms with Crippen molar-refractivity contribution in [2.75, 3.05) is 18.4 Å². The van der Waals surface area contributed by atoms with Gasteiger partial charge in [0.25, 0.3) is 5.91 Å². The van der Waals surface area contributed by atoms with Gasteiger partial charge in [-0.15, -0.1) is 5.10 Å². The van der Waals surface area contributed by atoms with Crippen LogP contribution in [0.5, 0.6) is 0 Å². The maximum absolute atomic E-state index is 13.6. The average Bonchev–Trinajstić information content (AvgIpc) is 3.25. The van der Waals surface area contributed by atoms with Gasteiger partial charge >= 0.3 is 0 Å². The van der Waals surface area contributed by atoms with Crippen molar-refractivity contribution in [2.24, 2.45) is 7.05 Å². The Hall–Kier alpha value is -4.02. The molecule has 1 atom stereocenters. The van der Waals surface area contributed by atoms with E-state index in [1.54, 1.807) is 24.1 Å². The molecular weight excluding hydrogens is 459 g/mol. The van der Waals surface area contributed by atoms with E-state index in [1.165, 1.54) is 23.1 Å². The van der Waals surface area contributed by atoms with Crippen molar-refractivity contribution >= 4 is 22.8 Å². The van der Waals surface area contributed by atoms with E-state index in [-0.39, 0.29) is 34.5 Å². The van der Waals surface area contributed by atoms with Crippen molar-refractivity contribution in [1.29, 1.82) is 0 Å². The predicted molar refractivity (Wildman–Crippen MR) is 123 cm³/mol. The third kappa shape index (κ3) is 4.66. The maximum atomic E-state index is 13.6. The summed E-state index contributed by atoms with van der Waals surface area (Å²) in [6.45, 7) is 0.945. The summed E-state index contributed by atoms with van der Waals surface area (Å²) in [7, 11) is 1.63. The number of carbonyl (C=O) groups excluding carboxylic acids is 1. The molecule has 1 fully saturated rings. The van der Waals surface area contributed by atoms with Crippen LogP contribution in [0.25, 0.3) is 22.3 Å². The molecule has 11 heteroatoms. The number of halogens is 3. The van der Waals surface area contributed by atoms with Crippen LogP contribution in [0, 0.1) is 17.5 Å². The fourth-order valence-corrected chi connectivity index (χ4v) is 4.28. The lowest BCUT2D eigenvalue weighted by Gasteiger charge is -2.35. The van der Waals surface area contributed by atoms with Crippen LogP contribution in [0.4, 0.5) is 19.0 Å². The summed E-state index contributed by atoms with van der Waals surface area (Å²) in [5.74, 6) is -2.21. The normalized spacial score (nSPS) is 16.0. The molecule has 0 aliphatic carbocycles. The molecule has 1 N–H and O–H groups in total. The summed E-state index contributed by atoms with van der Waals surface area (Å²) in [5.41, 5.74) is 1.68. The van der Waals surface area contributed by atoms with Gasteiger partial charge in [-0.05, 0) is 43.5 Å². The number of nitrogens with one attached hydrogen (secondary N) is 1. The fourth-order valence-electron chi connectivity index (χ4n) is 4.28. The van der Waals surface area contributed by atoms with Crippen molar-refractivity contribution < 1.29 is 18.0 Å². The van der Waals surface area contributed by atoms with Gasteiger partial charge in [0.1, 0.15) is 17.3 Å². The standard InChI is InChI=1S/C24H22F3N7O/c1-33-31-22(14-5-7-15(25)8-6-14)23(32-33)24(35)34-9-3-2-4-16(34)12-29-21-13-28-19-10-17(26)18(27)11-20(19)30-21/h5-8,10-11,13,16H,2-4,9,12H2,1H3,(H,29,30). The zero-order chi connectivity index (χ0) is 24.5. The molecule has 1 unspecified atom stereocenters. The van der Waals surface area contributed by atoms with Gasteiger partial charge in [0.05, 0.1) is 17.2 Å². The van der Waals surface area contributed by atoms with Gasteiger partial charge in [0, 0.05) is 43.9 Å². The number of benzene rings is 2. The molecule has 2 aromatic heterocycles. The van der Waals surface area contributed by atoms with Crippen molar-refractivity contribution in [1.82, 2.24) is 29.9 Å². The minimum Gasteiger partial charge on any atom is -0.367 e. The number of piperidine rings is 1. The zero-order valence-corrected chi connectivity index (χ0v) is 18.9. The first-order chi connectivity index (χ1) is 16.9. The van der Waals surface area contributed by atoms with E-state index in [9.17, 15) is 18.0 Å². The van der Waals surface area contributed by atoms with Crippen LogP contribution in [0.1, 0.15) is 29.8 Å². The lowest BCUT2D eigenvalue weighted by Crippen LogP contribution is -2.47. The van der Waals surface area contributed by atoms with Crippen LogP contribution in [-0.4, -0.2) is 54.9 Å². The number of amides is 1. The molecule has 1 aliphatic rings. The molecule has 0 bridgehead atoms. The van der Waals surface area contributed by atoms with Gasteiger partial charge in [-0.25, -0.2) is 18.2 Å². The first kappa shape index (κ1) is 22.8. The van der Waals surface area contributed by atoms with Crippen molar-refractivity contribution in [3.8, 4) is 11.3 Å². The van der Waals surface area contributed by atoms with Crippen LogP contribution in [0.3, 0.4) is 0 Å². The molecule has 180 valence electrons. The van der Waals surface area contributed by atoms with Crippen LogP contribution in [-0.2, 0) is 7.05 Å². The van der Waals surface area contributed by atoms with E-state index in [4.69, 9.17) is 0 Å². The number of fused-ring (bicyclic) bond motifs is 1. The Morgan fingerprint density at radius 3 is 2.57 bits per heavy atom. The van der Waals surface area contributed by atoms with E-state index in [1.807, 2.05) is 0 Å². The molecule has 5 rings (SSSR count). The smallest absolute Gasteiger partial charge is 0.277 e. The van der Waals surface area contributed by atoms with E-state index in [2.05, 4.69) is 25.5 Å². The largest absolute Gasteiger partial charge is 0.367 e. The van der Waals surface area contributed by atoms with Crippen LogP contribution >= 0.6 is 0 Å². The second-order valence-corrected chi connectivity index (χ2v) is 8.43. The number of hydrogen-bond donors (Lipinski definition) is 1. The highest BCUT2D eigenvalue weighted by atomic mass is 19.2.